The summed E-state index contributed by atoms with van der Waals surface area (Å²) >= 11 is 0. The largest absolute Gasteiger partial charge is 0.396 e. The van der Waals surface area contributed by atoms with Crippen molar-refractivity contribution in [2.24, 2.45) is 17.8 Å². The van der Waals surface area contributed by atoms with Crippen LogP contribution in [0.2, 0.25) is 0 Å². The van der Waals surface area contributed by atoms with Crippen molar-refractivity contribution in [1.29, 1.82) is 0 Å². The minimum Gasteiger partial charge on any atom is -0.396 e. The third kappa shape index (κ3) is 4.47. The quantitative estimate of drug-likeness (QED) is 0.633. The first kappa shape index (κ1) is 22.2. The van der Waals surface area contributed by atoms with Gasteiger partial charge in [-0.1, -0.05) is 31.0 Å². The SMILES string of the molecule is CC(C)(NS(=O)(=O)c1cccc2cccnc12)C(=O)NC1C(CO)CC2CCCC1C2. The van der Waals surface area contributed by atoms with Crippen LogP contribution >= 0.6 is 0 Å². The van der Waals surface area contributed by atoms with Crippen LogP contribution in [0.3, 0.4) is 0 Å². The van der Waals surface area contributed by atoms with E-state index in [1.165, 1.54) is 12.5 Å². The van der Waals surface area contributed by atoms with E-state index in [9.17, 15) is 18.3 Å². The highest BCUT2D eigenvalue weighted by atomic mass is 32.2. The highest BCUT2D eigenvalue weighted by Gasteiger charge is 2.43. The molecule has 4 unspecified atom stereocenters. The summed E-state index contributed by atoms with van der Waals surface area (Å²) in [5.41, 5.74) is -0.990. The number of nitrogens with one attached hydrogen (secondary N) is 2. The maximum Gasteiger partial charge on any atom is 0.243 e. The third-order valence-electron chi connectivity index (χ3n) is 6.85. The van der Waals surface area contributed by atoms with Crippen LogP contribution in [0.1, 0.15) is 46.0 Å². The van der Waals surface area contributed by atoms with Crippen LogP contribution in [0.25, 0.3) is 10.9 Å². The molecule has 2 aromatic rings. The van der Waals surface area contributed by atoms with E-state index in [1.807, 2.05) is 0 Å². The summed E-state index contributed by atoms with van der Waals surface area (Å²) in [5.74, 6) is 0.595. The van der Waals surface area contributed by atoms with E-state index in [2.05, 4.69) is 15.0 Å². The number of fused-ring (bicyclic) bond motifs is 3. The van der Waals surface area contributed by atoms with Crippen molar-refractivity contribution in [3.8, 4) is 0 Å². The number of benzene rings is 1. The van der Waals surface area contributed by atoms with E-state index in [0.29, 0.717) is 22.7 Å². The molecule has 8 heteroatoms. The molecule has 2 fully saturated rings. The van der Waals surface area contributed by atoms with Gasteiger partial charge < -0.3 is 10.4 Å². The maximum atomic E-state index is 13.2. The molecule has 2 aliphatic carbocycles. The Balaban J connectivity index is 1.54. The van der Waals surface area contributed by atoms with E-state index in [0.717, 1.165) is 25.7 Å². The first-order valence-corrected chi connectivity index (χ1v) is 12.5. The summed E-state index contributed by atoms with van der Waals surface area (Å²) in [6, 6.07) is 8.39. The second-order valence-electron chi connectivity index (χ2n) is 9.53. The lowest BCUT2D eigenvalue weighted by molar-refractivity contribution is -0.128. The number of carbonyl (C=O) groups excluding carboxylic acids is 1. The fourth-order valence-electron chi connectivity index (χ4n) is 5.32. The molecule has 7 nitrogen and oxygen atoms in total. The number of carbonyl (C=O) groups is 1. The molecule has 1 aromatic carbocycles. The number of pyridine rings is 1. The van der Waals surface area contributed by atoms with Gasteiger partial charge in [-0.2, -0.15) is 4.72 Å². The lowest BCUT2D eigenvalue weighted by atomic mass is 9.65. The average Bonchev–Trinajstić information content (AvgIpc) is 2.74. The molecular weight excluding hydrogens is 414 g/mol. The van der Waals surface area contributed by atoms with Crippen molar-refractivity contribution >= 4 is 26.8 Å². The number of hydrogen-bond acceptors (Lipinski definition) is 5. The zero-order chi connectivity index (χ0) is 22.2. The van der Waals surface area contributed by atoms with Crippen LogP contribution in [-0.2, 0) is 14.8 Å². The molecule has 1 heterocycles. The number of aliphatic hydroxyl groups excluding tert-OH is 1. The Labute approximate surface area is 183 Å². The molecule has 168 valence electrons. The minimum absolute atomic E-state index is 0.0164. The molecule has 2 aliphatic rings. The van der Waals surface area contributed by atoms with Crippen LogP contribution in [0, 0.1) is 17.8 Å². The number of aromatic nitrogens is 1. The maximum absolute atomic E-state index is 13.2. The molecule has 4 atom stereocenters. The standard InChI is InChI=1S/C23H31N3O4S/c1-23(2,22(28)25-20-17-8-3-6-15(12-17)13-18(20)14-27)26-31(29,30)19-10-4-7-16-9-5-11-24-21(16)19/h4-5,7,9-11,15,17-18,20,26-27H,3,6,8,12-14H2,1-2H3,(H,25,28). The third-order valence-corrected chi connectivity index (χ3v) is 8.54. The van der Waals surface area contributed by atoms with Gasteiger partial charge in [0, 0.05) is 30.1 Å². The Morgan fingerprint density at radius 1 is 1.19 bits per heavy atom. The van der Waals surface area contributed by atoms with Gasteiger partial charge in [-0.05, 0) is 57.1 Å². The van der Waals surface area contributed by atoms with Crippen molar-refractivity contribution in [3.63, 3.8) is 0 Å². The van der Waals surface area contributed by atoms with Gasteiger partial charge in [-0.15, -0.1) is 0 Å². The Kier molecular flexibility index (Phi) is 6.07. The molecule has 0 aliphatic heterocycles. The topological polar surface area (TPSA) is 108 Å². The average molecular weight is 446 g/mol. The molecule has 0 radical (unpaired) electrons. The fourth-order valence-corrected chi connectivity index (χ4v) is 6.88. The summed E-state index contributed by atoms with van der Waals surface area (Å²) in [6.45, 7) is 3.17. The van der Waals surface area contributed by atoms with Crippen molar-refractivity contribution in [1.82, 2.24) is 15.0 Å². The fraction of sp³-hybridized carbons (Fsp3) is 0.565. The van der Waals surface area contributed by atoms with E-state index >= 15 is 0 Å². The van der Waals surface area contributed by atoms with E-state index < -0.39 is 15.6 Å². The van der Waals surface area contributed by atoms with E-state index in [-0.39, 0.29) is 29.4 Å². The second kappa shape index (κ2) is 8.48. The molecule has 31 heavy (non-hydrogen) atoms. The van der Waals surface area contributed by atoms with E-state index in [1.54, 1.807) is 44.3 Å². The van der Waals surface area contributed by atoms with Gasteiger partial charge in [0.05, 0.1) is 5.52 Å². The molecule has 1 amide bonds. The number of amides is 1. The predicted octanol–water partition coefficient (Wildman–Crippen LogP) is 2.60. The Hall–Kier alpha value is -2.03. The lowest BCUT2D eigenvalue weighted by Gasteiger charge is -2.45. The van der Waals surface area contributed by atoms with Gasteiger partial charge in [-0.25, -0.2) is 8.42 Å². The zero-order valence-corrected chi connectivity index (χ0v) is 18.9. The monoisotopic (exact) mass is 445 g/mol. The number of aliphatic hydroxyl groups is 1. The first-order chi connectivity index (χ1) is 14.7. The van der Waals surface area contributed by atoms with Crippen LogP contribution in [0.15, 0.2) is 41.4 Å². The summed E-state index contributed by atoms with van der Waals surface area (Å²) in [4.78, 5) is 17.5. The normalized spacial score (nSPS) is 26.5. The summed E-state index contributed by atoms with van der Waals surface area (Å²) in [6.07, 6.45) is 6.89. The number of nitrogens with zero attached hydrogens (tertiary/aromatic N) is 1. The van der Waals surface area contributed by atoms with E-state index in [4.69, 9.17) is 0 Å². The van der Waals surface area contributed by atoms with Crippen molar-refractivity contribution in [2.75, 3.05) is 6.61 Å². The molecule has 3 N–H and O–H groups in total. The van der Waals surface area contributed by atoms with Gasteiger partial charge in [0.15, 0.2) is 0 Å². The Morgan fingerprint density at radius 3 is 2.74 bits per heavy atom. The lowest BCUT2D eigenvalue weighted by Crippen LogP contribution is -2.60. The Morgan fingerprint density at radius 2 is 1.97 bits per heavy atom. The smallest absolute Gasteiger partial charge is 0.243 e. The number of hydrogen-bond donors (Lipinski definition) is 3. The molecule has 4 rings (SSSR count). The summed E-state index contributed by atoms with van der Waals surface area (Å²) in [7, 11) is -3.99. The van der Waals surface area contributed by atoms with Gasteiger partial charge in [0.2, 0.25) is 15.9 Å². The summed E-state index contributed by atoms with van der Waals surface area (Å²) < 4.78 is 28.9. The molecular formula is C23H31N3O4S. The summed E-state index contributed by atoms with van der Waals surface area (Å²) in [5, 5.41) is 13.7. The van der Waals surface area contributed by atoms with Crippen molar-refractivity contribution in [3.05, 3.63) is 36.5 Å². The van der Waals surface area contributed by atoms with Gasteiger partial charge in [0.25, 0.3) is 0 Å². The van der Waals surface area contributed by atoms with Crippen molar-refractivity contribution in [2.45, 2.75) is 62.4 Å². The van der Waals surface area contributed by atoms with Gasteiger partial charge >= 0.3 is 0 Å². The molecule has 1 aromatic heterocycles. The highest BCUT2D eigenvalue weighted by Crippen LogP contribution is 2.42. The molecule has 2 bridgehead atoms. The minimum atomic E-state index is -3.99. The van der Waals surface area contributed by atoms with Crippen LogP contribution in [0.4, 0.5) is 0 Å². The van der Waals surface area contributed by atoms with Crippen LogP contribution in [0.5, 0.6) is 0 Å². The Bertz CT molecular complexity index is 1060. The second-order valence-corrected chi connectivity index (χ2v) is 11.2. The predicted molar refractivity (Wildman–Crippen MR) is 119 cm³/mol. The first-order valence-electron chi connectivity index (χ1n) is 11.0. The number of rotatable bonds is 6. The van der Waals surface area contributed by atoms with Gasteiger partial charge in [-0.3, -0.25) is 9.78 Å². The zero-order valence-electron chi connectivity index (χ0n) is 18.0. The van der Waals surface area contributed by atoms with Crippen LogP contribution < -0.4 is 10.0 Å². The molecule has 2 saturated carbocycles. The number of sulfonamides is 1. The van der Waals surface area contributed by atoms with Crippen LogP contribution in [-0.4, -0.2) is 42.6 Å². The van der Waals surface area contributed by atoms with Crippen molar-refractivity contribution < 1.29 is 18.3 Å². The molecule has 0 saturated heterocycles. The number of para-hydroxylation sites is 1. The highest BCUT2D eigenvalue weighted by molar-refractivity contribution is 7.89. The van der Waals surface area contributed by atoms with Gasteiger partial charge in [0.1, 0.15) is 10.4 Å². The molecule has 0 spiro atoms.